The summed E-state index contributed by atoms with van der Waals surface area (Å²) in [6.45, 7) is 3.35. The van der Waals surface area contributed by atoms with E-state index in [1.165, 1.54) is 0 Å². The lowest BCUT2D eigenvalue weighted by Gasteiger charge is -2.30. The van der Waals surface area contributed by atoms with Crippen molar-refractivity contribution in [3.05, 3.63) is 0 Å². The number of rotatable bonds is 4. The van der Waals surface area contributed by atoms with E-state index in [1.807, 2.05) is 6.92 Å². The van der Waals surface area contributed by atoms with Crippen LogP contribution >= 0.6 is 0 Å². The Kier molecular flexibility index (Phi) is 4.55. The minimum Gasteiger partial charge on any atom is -0.481 e. The van der Waals surface area contributed by atoms with Gasteiger partial charge in [0.05, 0.1) is 5.92 Å². The first-order valence-corrected chi connectivity index (χ1v) is 5.23. The summed E-state index contributed by atoms with van der Waals surface area (Å²) in [6, 6.07) is 0. The predicted octanol–water partition coefficient (Wildman–Crippen LogP) is 0.346. The van der Waals surface area contributed by atoms with E-state index in [4.69, 9.17) is 9.84 Å². The Hall–Kier alpha value is -1.10. The first-order valence-electron chi connectivity index (χ1n) is 5.23. The van der Waals surface area contributed by atoms with E-state index in [0.29, 0.717) is 26.1 Å². The normalized spacial score (nSPS) is 21.4. The quantitative estimate of drug-likeness (QED) is 0.734. The Morgan fingerprint density at radius 2 is 2.27 bits per heavy atom. The average molecular weight is 215 g/mol. The molecule has 15 heavy (non-hydrogen) atoms. The summed E-state index contributed by atoms with van der Waals surface area (Å²) in [7, 11) is 0. The smallest absolute Gasteiger partial charge is 0.308 e. The van der Waals surface area contributed by atoms with Crippen LogP contribution in [0.25, 0.3) is 0 Å². The zero-order valence-electron chi connectivity index (χ0n) is 8.94. The summed E-state index contributed by atoms with van der Waals surface area (Å²) in [5.41, 5.74) is 0. The van der Waals surface area contributed by atoms with Gasteiger partial charge in [-0.3, -0.25) is 9.59 Å². The largest absolute Gasteiger partial charge is 0.481 e. The van der Waals surface area contributed by atoms with Gasteiger partial charge in [0.15, 0.2) is 0 Å². The van der Waals surface area contributed by atoms with Crippen LogP contribution in [0.15, 0.2) is 0 Å². The number of carbonyl (C=O) groups excluding carboxylic acids is 1. The lowest BCUT2D eigenvalue weighted by atomic mass is 9.98. The highest BCUT2D eigenvalue weighted by molar-refractivity contribution is 5.79. The second-order valence-electron chi connectivity index (χ2n) is 3.65. The number of piperidine rings is 1. The van der Waals surface area contributed by atoms with Crippen molar-refractivity contribution in [2.45, 2.75) is 19.8 Å². The van der Waals surface area contributed by atoms with Gasteiger partial charge in [-0.2, -0.15) is 0 Å². The van der Waals surface area contributed by atoms with Crippen molar-refractivity contribution in [1.29, 1.82) is 0 Å². The molecule has 0 spiro atoms. The molecule has 5 nitrogen and oxygen atoms in total. The molecule has 1 amide bonds. The fourth-order valence-electron chi connectivity index (χ4n) is 1.69. The maximum Gasteiger partial charge on any atom is 0.308 e. The summed E-state index contributed by atoms with van der Waals surface area (Å²) >= 11 is 0. The van der Waals surface area contributed by atoms with E-state index in [0.717, 1.165) is 6.42 Å². The van der Waals surface area contributed by atoms with Crippen LogP contribution < -0.4 is 0 Å². The van der Waals surface area contributed by atoms with E-state index in [-0.39, 0.29) is 12.5 Å². The Bertz CT molecular complexity index is 242. The maximum absolute atomic E-state index is 11.5. The second-order valence-corrected chi connectivity index (χ2v) is 3.65. The number of ether oxygens (including phenoxy) is 1. The van der Waals surface area contributed by atoms with Gasteiger partial charge in [0.2, 0.25) is 5.91 Å². The Morgan fingerprint density at radius 1 is 1.53 bits per heavy atom. The first kappa shape index (κ1) is 12.0. The van der Waals surface area contributed by atoms with Crippen molar-refractivity contribution in [3.8, 4) is 0 Å². The van der Waals surface area contributed by atoms with Crippen molar-refractivity contribution < 1.29 is 19.4 Å². The van der Waals surface area contributed by atoms with Crippen LogP contribution in [0.4, 0.5) is 0 Å². The number of aliphatic carboxylic acids is 1. The highest BCUT2D eigenvalue weighted by atomic mass is 16.5. The van der Waals surface area contributed by atoms with E-state index in [2.05, 4.69) is 0 Å². The molecule has 1 aliphatic heterocycles. The Balaban J connectivity index is 2.41. The first-order chi connectivity index (χ1) is 7.15. The summed E-state index contributed by atoms with van der Waals surface area (Å²) in [5.74, 6) is -1.34. The molecular weight excluding hydrogens is 198 g/mol. The Morgan fingerprint density at radius 3 is 2.87 bits per heavy atom. The molecule has 1 N–H and O–H groups in total. The highest BCUT2D eigenvalue weighted by Crippen LogP contribution is 2.16. The summed E-state index contributed by atoms with van der Waals surface area (Å²) in [4.78, 5) is 23.9. The fourth-order valence-corrected chi connectivity index (χ4v) is 1.69. The minimum atomic E-state index is -0.816. The van der Waals surface area contributed by atoms with Gasteiger partial charge in [-0.05, 0) is 19.8 Å². The number of carboxylic acid groups (broad SMARTS) is 1. The van der Waals surface area contributed by atoms with Crippen LogP contribution in [0.2, 0.25) is 0 Å². The highest BCUT2D eigenvalue weighted by Gasteiger charge is 2.27. The molecule has 1 saturated heterocycles. The second kappa shape index (κ2) is 5.70. The standard InChI is InChI=1S/C10H17NO4/c1-2-15-7-9(12)11-5-3-4-8(6-11)10(13)14/h8H,2-7H2,1H3,(H,13,14)/t8-/m0/s1. The number of amides is 1. The minimum absolute atomic E-state index is 0.0584. The van der Waals surface area contributed by atoms with E-state index >= 15 is 0 Å². The zero-order chi connectivity index (χ0) is 11.3. The van der Waals surface area contributed by atoms with Crippen LogP contribution in [-0.2, 0) is 14.3 Å². The molecule has 5 heteroatoms. The number of carboxylic acids is 1. The number of hydrogen-bond acceptors (Lipinski definition) is 3. The zero-order valence-corrected chi connectivity index (χ0v) is 8.94. The molecule has 0 unspecified atom stereocenters. The van der Waals surface area contributed by atoms with Gasteiger partial charge in [-0.15, -0.1) is 0 Å². The van der Waals surface area contributed by atoms with Crippen LogP contribution in [-0.4, -0.2) is 48.2 Å². The third kappa shape index (κ3) is 3.51. The molecule has 0 saturated carbocycles. The summed E-state index contributed by atoms with van der Waals surface area (Å²) in [5, 5.41) is 8.84. The summed E-state index contributed by atoms with van der Waals surface area (Å²) in [6.07, 6.45) is 1.42. The fraction of sp³-hybridized carbons (Fsp3) is 0.800. The van der Waals surface area contributed by atoms with Crippen molar-refractivity contribution in [2.75, 3.05) is 26.3 Å². The van der Waals surface area contributed by atoms with Gasteiger partial charge in [-0.25, -0.2) is 0 Å². The van der Waals surface area contributed by atoms with Crippen molar-refractivity contribution in [1.82, 2.24) is 4.90 Å². The van der Waals surface area contributed by atoms with Gasteiger partial charge in [0.25, 0.3) is 0 Å². The van der Waals surface area contributed by atoms with Crippen LogP contribution in [0, 0.1) is 5.92 Å². The molecule has 1 aliphatic rings. The predicted molar refractivity (Wildman–Crippen MR) is 53.4 cm³/mol. The Labute approximate surface area is 89.0 Å². The molecule has 86 valence electrons. The molecular formula is C10H17NO4. The van der Waals surface area contributed by atoms with Crippen molar-refractivity contribution in [2.24, 2.45) is 5.92 Å². The molecule has 1 heterocycles. The lowest BCUT2D eigenvalue weighted by molar-refractivity contribution is -0.146. The number of likely N-dealkylation sites (tertiary alicyclic amines) is 1. The summed E-state index contributed by atoms with van der Waals surface area (Å²) < 4.78 is 5.01. The number of carbonyl (C=O) groups is 2. The molecule has 0 radical (unpaired) electrons. The monoisotopic (exact) mass is 215 g/mol. The molecule has 0 aromatic heterocycles. The van der Waals surface area contributed by atoms with Crippen LogP contribution in [0.5, 0.6) is 0 Å². The van der Waals surface area contributed by atoms with Gasteiger partial charge in [0.1, 0.15) is 6.61 Å². The third-order valence-electron chi connectivity index (χ3n) is 2.55. The van der Waals surface area contributed by atoms with Crippen LogP contribution in [0.1, 0.15) is 19.8 Å². The van der Waals surface area contributed by atoms with E-state index < -0.39 is 11.9 Å². The van der Waals surface area contributed by atoms with Gasteiger partial charge in [-0.1, -0.05) is 0 Å². The molecule has 1 rings (SSSR count). The number of nitrogens with zero attached hydrogens (tertiary/aromatic N) is 1. The van der Waals surface area contributed by atoms with E-state index in [1.54, 1.807) is 4.90 Å². The van der Waals surface area contributed by atoms with E-state index in [9.17, 15) is 9.59 Å². The van der Waals surface area contributed by atoms with Gasteiger partial charge in [0, 0.05) is 19.7 Å². The average Bonchev–Trinajstić information content (AvgIpc) is 2.26. The van der Waals surface area contributed by atoms with Gasteiger partial charge >= 0.3 is 5.97 Å². The van der Waals surface area contributed by atoms with Crippen molar-refractivity contribution in [3.63, 3.8) is 0 Å². The van der Waals surface area contributed by atoms with Gasteiger partial charge < -0.3 is 14.7 Å². The SMILES string of the molecule is CCOCC(=O)N1CCC[C@H](C(=O)O)C1. The number of hydrogen-bond donors (Lipinski definition) is 1. The molecule has 0 bridgehead atoms. The molecule has 1 fully saturated rings. The third-order valence-corrected chi connectivity index (χ3v) is 2.55. The molecule has 0 aromatic rings. The molecule has 0 aliphatic carbocycles. The topological polar surface area (TPSA) is 66.8 Å². The maximum atomic E-state index is 11.5. The van der Waals surface area contributed by atoms with Crippen molar-refractivity contribution >= 4 is 11.9 Å². The van der Waals surface area contributed by atoms with Crippen LogP contribution in [0.3, 0.4) is 0 Å². The molecule has 0 aromatic carbocycles. The molecule has 1 atom stereocenters. The lowest BCUT2D eigenvalue weighted by Crippen LogP contribution is -2.43.